The number of nitrogens with one attached hydrogen (secondary N) is 1. The second-order valence-corrected chi connectivity index (χ2v) is 6.74. The zero-order valence-corrected chi connectivity index (χ0v) is 17.1. The van der Waals surface area contributed by atoms with Gasteiger partial charge >= 0.3 is 0 Å². The first-order valence-corrected chi connectivity index (χ1v) is 9.60. The van der Waals surface area contributed by atoms with Gasteiger partial charge in [0.15, 0.2) is 0 Å². The Bertz CT molecular complexity index is 1150. The van der Waals surface area contributed by atoms with Crippen molar-refractivity contribution in [1.29, 1.82) is 0 Å². The molecule has 1 N–H and O–H groups in total. The summed E-state index contributed by atoms with van der Waals surface area (Å²) in [6.45, 7) is 0.852. The van der Waals surface area contributed by atoms with Gasteiger partial charge in [0.1, 0.15) is 17.4 Å². The SMILES string of the molecule is COc1ccc(C(=O)NC2COCCn3c2nc(-c2ccncc2)cc3=O)c(OC)n1. The Labute approximate surface area is 177 Å². The van der Waals surface area contributed by atoms with E-state index in [4.69, 9.17) is 14.2 Å². The lowest BCUT2D eigenvalue weighted by Gasteiger charge is -2.19. The van der Waals surface area contributed by atoms with Crippen molar-refractivity contribution < 1.29 is 19.0 Å². The van der Waals surface area contributed by atoms with E-state index in [0.717, 1.165) is 5.56 Å². The number of rotatable bonds is 5. The van der Waals surface area contributed by atoms with E-state index in [1.165, 1.54) is 24.9 Å². The predicted octanol–water partition coefficient (Wildman–Crippen LogP) is 1.22. The van der Waals surface area contributed by atoms with Gasteiger partial charge in [0, 0.05) is 30.1 Å². The third kappa shape index (κ3) is 4.24. The highest BCUT2D eigenvalue weighted by Gasteiger charge is 2.26. The lowest BCUT2D eigenvalue weighted by Crippen LogP contribution is -2.35. The van der Waals surface area contributed by atoms with Crippen LogP contribution >= 0.6 is 0 Å². The minimum atomic E-state index is -0.642. The summed E-state index contributed by atoms with van der Waals surface area (Å²) in [7, 11) is 2.90. The van der Waals surface area contributed by atoms with Crippen LogP contribution in [-0.2, 0) is 11.3 Å². The molecule has 0 aromatic carbocycles. The molecular formula is C21H21N5O5. The standard InChI is InChI=1S/C21H21N5O5/c1-29-17-4-3-14(21(25-17)30-2)20(28)24-16-12-31-10-9-26-18(27)11-15(23-19(16)26)13-5-7-22-8-6-13/h3-8,11,16H,9-10,12H2,1-2H3,(H,24,28). The molecule has 0 saturated heterocycles. The smallest absolute Gasteiger partial charge is 0.257 e. The predicted molar refractivity (Wildman–Crippen MR) is 110 cm³/mol. The van der Waals surface area contributed by atoms with E-state index in [1.54, 1.807) is 36.7 Å². The number of pyridine rings is 2. The molecule has 3 aromatic heterocycles. The summed E-state index contributed by atoms with van der Waals surface area (Å²) in [6.07, 6.45) is 3.26. The van der Waals surface area contributed by atoms with E-state index in [0.29, 0.717) is 30.5 Å². The van der Waals surface area contributed by atoms with E-state index in [9.17, 15) is 9.59 Å². The summed E-state index contributed by atoms with van der Waals surface area (Å²) >= 11 is 0. The topological polar surface area (TPSA) is 117 Å². The fraction of sp³-hybridized carbons (Fsp3) is 0.286. The number of fused-ring (bicyclic) bond motifs is 1. The highest BCUT2D eigenvalue weighted by molar-refractivity contribution is 5.96. The van der Waals surface area contributed by atoms with Crippen LogP contribution in [0, 0.1) is 0 Å². The van der Waals surface area contributed by atoms with Crippen LogP contribution < -0.4 is 20.3 Å². The molecule has 0 spiro atoms. The molecule has 3 aromatic rings. The zero-order valence-electron chi connectivity index (χ0n) is 17.1. The van der Waals surface area contributed by atoms with Crippen LogP contribution in [0.2, 0.25) is 0 Å². The summed E-state index contributed by atoms with van der Waals surface area (Å²) in [5, 5.41) is 2.89. The van der Waals surface area contributed by atoms with Crippen molar-refractivity contribution in [3.8, 4) is 23.0 Å². The minimum absolute atomic E-state index is 0.127. The van der Waals surface area contributed by atoms with Gasteiger partial charge in [-0.3, -0.25) is 19.1 Å². The quantitative estimate of drug-likeness (QED) is 0.651. The molecule has 1 unspecified atom stereocenters. The lowest BCUT2D eigenvalue weighted by molar-refractivity contribution is 0.0852. The maximum Gasteiger partial charge on any atom is 0.257 e. The van der Waals surface area contributed by atoms with E-state index in [1.807, 2.05) is 0 Å². The molecule has 0 radical (unpaired) electrons. The number of amides is 1. The Balaban J connectivity index is 1.70. The molecule has 1 atom stereocenters. The molecule has 10 nitrogen and oxygen atoms in total. The number of methoxy groups -OCH3 is 2. The van der Waals surface area contributed by atoms with Crippen molar-refractivity contribution in [2.45, 2.75) is 12.6 Å². The fourth-order valence-corrected chi connectivity index (χ4v) is 3.32. The van der Waals surface area contributed by atoms with Crippen molar-refractivity contribution in [3.63, 3.8) is 0 Å². The third-order valence-corrected chi connectivity index (χ3v) is 4.86. The highest BCUT2D eigenvalue weighted by Crippen LogP contribution is 2.23. The number of carbonyl (C=O) groups excluding carboxylic acids is 1. The molecule has 0 fully saturated rings. The fourth-order valence-electron chi connectivity index (χ4n) is 3.32. The normalized spacial score (nSPS) is 15.5. The summed E-state index contributed by atoms with van der Waals surface area (Å²) in [4.78, 5) is 38.6. The Kier molecular flexibility index (Phi) is 5.89. The molecule has 0 saturated carbocycles. The van der Waals surface area contributed by atoms with Gasteiger partial charge < -0.3 is 19.5 Å². The number of hydrogen-bond donors (Lipinski definition) is 1. The van der Waals surface area contributed by atoms with Gasteiger partial charge in [-0.1, -0.05) is 0 Å². The second-order valence-electron chi connectivity index (χ2n) is 6.74. The average molecular weight is 423 g/mol. The number of hydrogen-bond acceptors (Lipinski definition) is 8. The summed E-state index contributed by atoms with van der Waals surface area (Å²) in [5.41, 5.74) is 1.27. The van der Waals surface area contributed by atoms with Crippen LogP contribution in [0.5, 0.6) is 11.8 Å². The van der Waals surface area contributed by atoms with Crippen LogP contribution in [0.25, 0.3) is 11.3 Å². The number of nitrogens with zero attached hydrogens (tertiary/aromatic N) is 4. The van der Waals surface area contributed by atoms with Crippen LogP contribution in [0.1, 0.15) is 22.2 Å². The first-order valence-electron chi connectivity index (χ1n) is 9.60. The van der Waals surface area contributed by atoms with Crippen molar-refractivity contribution in [2.24, 2.45) is 0 Å². The molecule has 1 aliphatic heterocycles. The van der Waals surface area contributed by atoms with Crippen molar-refractivity contribution >= 4 is 5.91 Å². The van der Waals surface area contributed by atoms with Crippen molar-refractivity contribution in [1.82, 2.24) is 24.8 Å². The molecule has 4 heterocycles. The van der Waals surface area contributed by atoms with E-state index >= 15 is 0 Å². The summed E-state index contributed by atoms with van der Waals surface area (Å²) in [6, 6.07) is 7.50. The maximum absolute atomic E-state index is 13.0. The molecule has 31 heavy (non-hydrogen) atoms. The van der Waals surface area contributed by atoms with E-state index in [2.05, 4.69) is 20.3 Å². The summed E-state index contributed by atoms with van der Waals surface area (Å²) < 4.78 is 17.5. The molecule has 160 valence electrons. The molecule has 1 amide bonds. The monoisotopic (exact) mass is 423 g/mol. The Morgan fingerprint density at radius 1 is 1.16 bits per heavy atom. The number of aromatic nitrogens is 4. The van der Waals surface area contributed by atoms with Crippen LogP contribution in [0.4, 0.5) is 0 Å². The molecule has 10 heteroatoms. The molecular weight excluding hydrogens is 402 g/mol. The first-order chi connectivity index (χ1) is 15.1. The van der Waals surface area contributed by atoms with Gasteiger partial charge in [-0.15, -0.1) is 0 Å². The minimum Gasteiger partial charge on any atom is -0.481 e. The average Bonchev–Trinajstić information content (AvgIpc) is 3.01. The zero-order chi connectivity index (χ0) is 21.8. The highest BCUT2D eigenvalue weighted by atomic mass is 16.5. The Morgan fingerprint density at radius 3 is 2.71 bits per heavy atom. The van der Waals surface area contributed by atoms with Gasteiger partial charge in [0.05, 0.1) is 39.7 Å². The van der Waals surface area contributed by atoms with Gasteiger partial charge in [0.2, 0.25) is 11.8 Å². The van der Waals surface area contributed by atoms with Crippen LogP contribution in [-0.4, -0.2) is 52.9 Å². The molecule has 0 bridgehead atoms. The Morgan fingerprint density at radius 2 is 1.97 bits per heavy atom. The van der Waals surface area contributed by atoms with E-state index in [-0.39, 0.29) is 23.6 Å². The molecule has 4 rings (SSSR count). The van der Waals surface area contributed by atoms with E-state index < -0.39 is 11.9 Å². The maximum atomic E-state index is 13.0. The van der Waals surface area contributed by atoms with Gasteiger partial charge in [-0.2, -0.15) is 4.98 Å². The molecule has 1 aliphatic rings. The number of carbonyl (C=O) groups is 1. The van der Waals surface area contributed by atoms with Crippen LogP contribution in [0.15, 0.2) is 47.5 Å². The summed E-state index contributed by atoms with van der Waals surface area (Å²) in [5.74, 6) is 0.442. The third-order valence-electron chi connectivity index (χ3n) is 4.86. The second kappa shape index (κ2) is 8.92. The van der Waals surface area contributed by atoms with Crippen molar-refractivity contribution in [3.05, 3.63) is 64.5 Å². The first kappa shape index (κ1) is 20.5. The van der Waals surface area contributed by atoms with Gasteiger partial charge in [0.25, 0.3) is 11.5 Å². The van der Waals surface area contributed by atoms with Gasteiger partial charge in [-0.25, -0.2) is 4.98 Å². The van der Waals surface area contributed by atoms with Crippen LogP contribution in [0.3, 0.4) is 0 Å². The van der Waals surface area contributed by atoms with Crippen molar-refractivity contribution in [2.75, 3.05) is 27.4 Å². The largest absolute Gasteiger partial charge is 0.481 e. The van der Waals surface area contributed by atoms with Gasteiger partial charge in [-0.05, 0) is 18.2 Å². The number of ether oxygens (including phenoxy) is 3. The molecule has 0 aliphatic carbocycles. The Hall–Kier alpha value is -3.79. The lowest BCUT2D eigenvalue weighted by atomic mass is 10.1.